The predicted molar refractivity (Wildman–Crippen MR) is 82.3 cm³/mol. The zero-order chi connectivity index (χ0) is 15.9. The van der Waals surface area contributed by atoms with Crippen molar-refractivity contribution in [3.8, 4) is 0 Å². The van der Waals surface area contributed by atoms with E-state index in [1.807, 2.05) is 16.7 Å². The molecule has 22 heavy (non-hydrogen) atoms. The minimum absolute atomic E-state index is 0.128. The van der Waals surface area contributed by atoms with Gasteiger partial charge in [-0.3, -0.25) is 4.79 Å². The molecule has 1 atom stereocenters. The quantitative estimate of drug-likeness (QED) is 0.839. The number of likely N-dealkylation sites (tertiary alicyclic amines) is 1. The smallest absolute Gasteiger partial charge is 0.320 e. The Bertz CT molecular complexity index is 454. The zero-order valence-corrected chi connectivity index (χ0v) is 13.6. The molecule has 124 valence electrons. The van der Waals surface area contributed by atoms with Gasteiger partial charge >= 0.3 is 6.03 Å². The summed E-state index contributed by atoms with van der Waals surface area (Å²) in [5.41, 5.74) is -1.20. The number of aliphatic hydroxyl groups is 1. The van der Waals surface area contributed by atoms with Gasteiger partial charge in [0, 0.05) is 38.8 Å². The highest BCUT2D eigenvalue weighted by atomic mass is 16.3. The van der Waals surface area contributed by atoms with Crippen LogP contribution >= 0.6 is 0 Å². The van der Waals surface area contributed by atoms with E-state index in [9.17, 15) is 14.7 Å². The second kappa shape index (κ2) is 5.72. The highest BCUT2D eigenvalue weighted by Crippen LogP contribution is 2.40. The Morgan fingerprint density at radius 3 is 2.32 bits per heavy atom. The van der Waals surface area contributed by atoms with Crippen molar-refractivity contribution in [2.45, 2.75) is 51.2 Å². The van der Waals surface area contributed by atoms with Crippen molar-refractivity contribution in [1.82, 2.24) is 14.7 Å². The fraction of sp³-hybridized carbons (Fsp3) is 0.875. The van der Waals surface area contributed by atoms with Crippen LogP contribution in [0.4, 0.5) is 4.79 Å². The molecule has 0 bridgehead atoms. The molecular weight excluding hydrogens is 282 g/mol. The lowest BCUT2D eigenvalue weighted by atomic mass is 9.96. The first-order chi connectivity index (χ1) is 10.4. The summed E-state index contributed by atoms with van der Waals surface area (Å²) in [4.78, 5) is 30.3. The largest absolute Gasteiger partial charge is 0.380 e. The van der Waals surface area contributed by atoms with Crippen LogP contribution in [0.2, 0.25) is 0 Å². The molecule has 3 rings (SSSR count). The van der Waals surface area contributed by atoms with Gasteiger partial charge in [0.1, 0.15) is 5.60 Å². The van der Waals surface area contributed by atoms with Gasteiger partial charge in [0.15, 0.2) is 0 Å². The summed E-state index contributed by atoms with van der Waals surface area (Å²) in [5, 5.41) is 10.4. The fourth-order valence-corrected chi connectivity index (χ4v) is 3.75. The molecule has 0 radical (unpaired) electrons. The molecule has 0 aromatic carbocycles. The maximum absolute atomic E-state index is 12.5. The number of rotatable bonds is 4. The summed E-state index contributed by atoms with van der Waals surface area (Å²) in [6, 6.07) is 0.372. The maximum atomic E-state index is 12.5. The molecule has 2 heterocycles. The average molecular weight is 309 g/mol. The van der Waals surface area contributed by atoms with Gasteiger partial charge in [0.2, 0.25) is 0 Å². The van der Waals surface area contributed by atoms with Crippen LogP contribution in [0.15, 0.2) is 0 Å². The van der Waals surface area contributed by atoms with Gasteiger partial charge in [-0.1, -0.05) is 0 Å². The Morgan fingerprint density at radius 2 is 1.82 bits per heavy atom. The zero-order valence-electron chi connectivity index (χ0n) is 13.6. The Hall–Kier alpha value is -1.30. The molecule has 3 aliphatic rings. The number of nitrogens with zero attached hydrogens (tertiary/aromatic N) is 3. The Labute approximate surface area is 132 Å². The van der Waals surface area contributed by atoms with Crippen LogP contribution in [-0.4, -0.2) is 76.1 Å². The molecule has 0 spiro atoms. The summed E-state index contributed by atoms with van der Waals surface area (Å²) in [7, 11) is 0. The molecule has 1 saturated carbocycles. The van der Waals surface area contributed by atoms with E-state index in [0.29, 0.717) is 13.1 Å². The lowest BCUT2D eigenvalue weighted by molar-refractivity contribution is -0.153. The van der Waals surface area contributed by atoms with Crippen molar-refractivity contribution in [1.29, 1.82) is 0 Å². The van der Waals surface area contributed by atoms with Gasteiger partial charge in [-0.15, -0.1) is 0 Å². The lowest BCUT2D eigenvalue weighted by Gasteiger charge is -2.39. The third-order valence-corrected chi connectivity index (χ3v) is 5.51. The van der Waals surface area contributed by atoms with Crippen molar-refractivity contribution >= 4 is 11.9 Å². The second-order valence-corrected chi connectivity index (χ2v) is 7.00. The van der Waals surface area contributed by atoms with Crippen LogP contribution in [0.5, 0.6) is 0 Å². The van der Waals surface area contributed by atoms with E-state index < -0.39 is 5.60 Å². The molecular formula is C16H27N3O3. The third kappa shape index (κ3) is 2.69. The number of urea groups is 1. The van der Waals surface area contributed by atoms with Crippen LogP contribution in [-0.2, 0) is 4.79 Å². The number of hydrogen-bond acceptors (Lipinski definition) is 3. The maximum Gasteiger partial charge on any atom is 0.320 e. The summed E-state index contributed by atoms with van der Waals surface area (Å²) < 4.78 is 0. The first kappa shape index (κ1) is 15.6. The number of carbonyl (C=O) groups excluding carboxylic acids is 2. The SMILES string of the molecule is CCN1CCN(C2CCN(C(=O)C(C)(O)C3CC3)CC2)C1=O. The molecule has 1 N–H and O–H groups in total. The van der Waals surface area contributed by atoms with Gasteiger partial charge < -0.3 is 19.8 Å². The molecule has 1 aliphatic carbocycles. The molecule has 1 unspecified atom stereocenters. The molecule has 6 heteroatoms. The second-order valence-electron chi connectivity index (χ2n) is 7.00. The lowest BCUT2D eigenvalue weighted by Crippen LogP contribution is -2.54. The van der Waals surface area contributed by atoms with Crippen molar-refractivity contribution in [2.75, 3.05) is 32.7 Å². The van der Waals surface area contributed by atoms with E-state index in [1.54, 1.807) is 11.8 Å². The predicted octanol–water partition coefficient (Wildman–Crippen LogP) is 0.896. The monoisotopic (exact) mass is 309 g/mol. The average Bonchev–Trinajstić information content (AvgIpc) is 3.31. The van der Waals surface area contributed by atoms with Gasteiger partial charge in [-0.25, -0.2) is 4.79 Å². The first-order valence-corrected chi connectivity index (χ1v) is 8.52. The highest BCUT2D eigenvalue weighted by Gasteiger charge is 2.48. The van der Waals surface area contributed by atoms with Crippen LogP contribution in [0.3, 0.4) is 0 Å². The van der Waals surface area contributed by atoms with Gasteiger partial charge in [-0.2, -0.15) is 0 Å². The van der Waals surface area contributed by atoms with Crippen molar-refractivity contribution < 1.29 is 14.7 Å². The number of carbonyl (C=O) groups is 2. The van der Waals surface area contributed by atoms with E-state index in [1.165, 1.54) is 0 Å². The molecule has 3 fully saturated rings. The minimum Gasteiger partial charge on any atom is -0.380 e. The third-order valence-electron chi connectivity index (χ3n) is 5.51. The van der Waals surface area contributed by atoms with E-state index >= 15 is 0 Å². The molecule has 6 nitrogen and oxygen atoms in total. The number of likely N-dealkylation sites (N-methyl/N-ethyl adjacent to an activating group) is 1. The minimum atomic E-state index is -1.20. The highest BCUT2D eigenvalue weighted by molar-refractivity contribution is 5.85. The summed E-state index contributed by atoms with van der Waals surface area (Å²) in [5.74, 6) is 0.00683. The number of amides is 3. The summed E-state index contributed by atoms with van der Waals surface area (Å²) in [6.45, 7) is 7.31. The van der Waals surface area contributed by atoms with Gasteiger partial charge in [0.25, 0.3) is 5.91 Å². The van der Waals surface area contributed by atoms with E-state index in [0.717, 1.165) is 45.3 Å². The Kier molecular flexibility index (Phi) is 4.05. The van der Waals surface area contributed by atoms with Gasteiger partial charge in [-0.05, 0) is 45.4 Å². The van der Waals surface area contributed by atoms with Crippen LogP contribution in [0, 0.1) is 5.92 Å². The number of hydrogen-bond donors (Lipinski definition) is 1. The Balaban J connectivity index is 1.54. The van der Waals surface area contributed by atoms with E-state index in [2.05, 4.69) is 0 Å². The van der Waals surface area contributed by atoms with Crippen LogP contribution < -0.4 is 0 Å². The molecule has 0 aromatic rings. The van der Waals surface area contributed by atoms with E-state index in [-0.39, 0.29) is 23.9 Å². The molecule has 3 amide bonds. The number of piperidine rings is 1. The summed E-state index contributed by atoms with van der Waals surface area (Å²) >= 11 is 0. The fourth-order valence-electron chi connectivity index (χ4n) is 3.75. The first-order valence-electron chi connectivity index (χ1n) is 8.52. The van der Waals surface area contributed by atoms with Crippen molar-refractivity contribution in [3.63, 3.8) is 0 Å². The van der Waals surface area contributed by atoms with Crippen LogP contribution in [0.1, 0.15) is 39.5 Å². The van der Waals surface area contributed by atoms with Crippen molar-refractivity contribution in [3.05, 3.63) is 0 Å². The molecule has 2 aliphatic heterocycles. The van der Waals surface area contributed by atoms with Gasteiger partial charge in [0.05, 0.1) is 0 Å². The van der Waals surface area contributed by atoms with Crippen molar-refractivity contribution in [2.24, 2.45) is 5.92 Å². The normalized spacial score (nSPS) is 26.5. The molecule has 0 aromatic heterocycles. The Morgan fingerprint density at radius 1 is 1.18 bits per heavy atom. The topological polar surface area (TPSA) is 64.1 Å². The van der Waals surface area contributed by atoms with E-state index in [4.69, 9.17) is 0 Å². The van der Waals surface area contributed by atoms with Crippen LogP contribution in [0.25, 0.3) is 0 Å². The standard InChI is InChI=1S/C16H27N3O3/c1-3-17-10-11-19(15(17)21)13-6-8-18(9-7-13)14(20)16(2,22)12-4-5-12/h12-13,22H,3-11H2,1-2H3. The summed E-state index contributed by atoms with van der Waals surface area (Å²) in [6.07, 6.45) is 3.53. The molecule has 2 saturated heterocycles.